The van der Waals surface area contributed by atoms with Crippen LogP contribution in [0.2, 0.25) is 0 Å². The Morgan fingerprint density at radius 2 is 1.87 bits per heavy atom. The van der Waals surface area contributed by atoms with Gasteiger partial charge >= 0.3 is 0 Å². The van der Waals surface area contributed by atoms with Crippen molar-refractivity contribution < 1.29 is 9.50 Å². The van der Waals surface area contributed by atoms with Crippen molar-refractivity contribution in [3.63, 3.8) is 0 Å². The van der Waals surface area contributed by atoms with E-state index in [9.17, 15) is 9.50 Å². The molecule has 0 aliphatic rings. The first-order chi connectivity index (χ1) is 7.17. The lowest BCUT2D eigenvalue weighted by atomic mass is 9.89. The second-order valence-corrected chi connectivity index (χ2v) is 4.18. The predicted octanol–water partition coefficient (Wildman–Crippen LogP) is 3.34. The molecule has 0 radical (unpaired) electrons. The SMILES string of the molecule is CCC(C)CC(CO)c1ccc(F)cc1. The first-order valence-corrected chi connectivity index (χ1v) is 5.53. The van der Waals surface area contributed by atoms with Crippen molar-refractivity contribution in [3.05, 3.63) is 35.6 Å². The number of aliphatic hydroxyl groups is 1. The third-order valence-electron chi connectivity index (χ3n) is 2.95. The van der Waals surface area contributed by atoms with Crippen molar-refractivity contribution in [1.29, 1.82) is 0 Å². The van der Waals surface area contributed by atoms with Crippen LogP contribution in [0.1, 0.15) is 38.2 Å². The van der Waals surface area contributed by atoms with Gasteiger partial charge in [0, 0.05) is 12.5 Å². The van der Waals surface area contributed by atoms with Gasteiger partial charge < -0.3 is 5.11 Å². The van der Waals surface area contributed by atoms with E-state index in [-0.39, 0.29) is 18.3 Å². The first kappa shape index (κ1) is 12.2. The van der Waals surface area contributed by atoms with E-state index in [2.05, 4.69) is 13.8 Å². The minimum absolute atomic E-state index is 0.135. The van der Waals surface area contributed by atoms with Crippen molar-refractivity contribution in [3.8, 4) is 0 Å². The Labute approximate surface area is 90.9 Å². The van der Waals surface area contributed by atoms with Crippen LogP contribution < -0.4 is 0 Å². The molecular weight excluding hydrogens is 191 g/mol. The summed E-state index contributed by atoms with van der Waals surface area (Å²) >= 11 is 0. The smallest absolute Gasteiger partial charge is 0.123 e. The molecule has 1 rings (SSSR count). The second-order valence-electron chi connectivity index (χ2n) is 4.18. The molecule has 2 atom stereocenters. The Balaban J connectivity index is 2.69. The Morgan fingerprint density at radius 1 is 1.27 bits per heavy atom. The molecule has 0 amide bonds. The maximum absolute atomic E-state index is 12.7. The molecule has 2 unspecified atom stereocenters. The van der Waals surface area contributed by atoms with Gasteiger partial charge in [-0.2, -0.15) is 0 Å². The van der Waals surface area contributed by atoms with Crippen LogP contribution in [0.3, 0.4) is 0 Å². The highest BCUT2D eigenvalue weighted by molar-refractivity contribution is 5.20. The molecule has 0 heterocycles. The number of hydrogen-bond donors (Lipinski definition) is 1. The van der Waals surface area contributed by atoms with Crippen LogP contribution in [0, 0.1) is 11.7 Å². The highest BCUT2D eigenvalue weighted by Crippen LogP contribution is 2.24. The fourth-order valence-corrected chi connectivity index (χ4v) is 1.70. The summed E-state index contributed by atoms with van der Waals surface area (Å²) < 4.78 is 12.7. The number of rotatable bonds is 5. The molecule has 1 aromatic rings. The van der Waals surface area contributed by atoms with Gasteiger partial charge in [-0.25, -0.2) is 4.39 Å². The summed E-state index contributed by atoms with van der Waals surface area (Å²) in [6.45, 7) is 4.45. The molecule has 15 heavy (non-hydrogen) atoms. The Hall–Kier alpha value is -0.890. The van der Waals surface area contributed by atoms with Gasteiger partial charge in [-0.1, -0.05) is 32.4 Å². The molecule has 0 bridgehead atoms. The predicted molar refractivity (Wildman–Crippen MR) is 60.3 cm³/mol. The maximum Gasteiger partial charge on any atom is 0.123 e. The van der Waals surface area contributed by atoms with E-state index in [1.165, 1.54) is 12.1 Å². The molecule has 1 N–H and O–H groups in total. The maximum atomic E-state index is 12.7. The van der Waals surface area contributed by atoms with Crippen LogP contribution in [-0.2, 0) is 0 Å². The number of aliphatic hydroxyl groups excluding tert-OH is 1. The molecule has 1 aromatic carbocycles. The van der Waals surface area contributed by atoms with Crippen LogP contribution in [0.5, 0.6) is 0 Å². The van der Waals surface area contributed by atoms with Gasteiger partial charge in [0.25, 0.3) is 0 Å². The molecule has 1 nitrogen and oxygen atoms in total. The Kier molecular flexibility index (Phi) is 4.76. The fourth-order valence-electron chi connectivity index (χ4n) is 1.70. The standard InChI is InChI=1S/C13H19FO/c1-3-10(2)8-12(9-15)11-4-6-13(14)7-5-11/h4-7,10,12,15H,3,8-9H2,1-2H3. The summed E-state index contributed by atoms with van der Waals surface area (Å²) in [6, 6.07) is 6.43. The minimum Gasteiger partial charge on any atom is -0.396 e. The van der Waals surface area contributed by atoms with Crippen molar-refractivity contribution in [2.75, 3.05) is 6.61 Å². The van der Waals surface area contributed by atoms with E-state index < -0.39 is 0 Å². The molecular formula is C13H19FO. The highest BCUT2D eigenvalue weighted by atomic mass is 19.1. The van der Waals surface area contributed by atoms with Crippen molar-refractivity contribution >= 4 is 0 Å². The molecule has 0 saturated carbocycles. The van der Waals surface area contributed by atoms with Crippen molar-refractivity contribution in [2.24, 2.45) is 5.92 Å². The van der Waals surface area contributed by atoms with E-state index in [0.717, 1.165) is 18.4 Å². The zero-order valence-corrected chi connectivity index (χ0v) is 9.41. The number of halogens is 1. The monoisotopic (exact) mass is 210 g/mol. The summed E-state index contributed by atoms with van der Waals surface area (Å²) in [7, 11) is 0. The molecule has 84 valence electrons. The topological polar surface area (TPSA) is 20.2 Å². The Bertz CT molecular complexity index is 281. The minimum atomic E-state index is -0.223. The number of benzene rings is 1. The normalized spacial score (nSPS) is 14.9. The van der Waals surface area contributed by atoms with Crippen molar-refractivity contribution in [1.82, 2.24) is 0 Å². The molecule has 0 spiro atoms. The van der Waals surface area contributed by atoms with Crippen LogP contribution in [0.4, 0.5) is 4.39 Å². The molecule has 0 aliphatic heterocycles. The van der Waals surface area contributed by atoms with Gasteiger partial charge in [-0.05, 0) is 30.0 Å². The van der Waals surface area contributed by atoms with Gasteiger partial charge in [0.1, 0.15) is 5.82 Å². The average Bonchev–Trinajstić information content (AvgIpc) is 2.27. The lowest BCUT2D eigenvalue weighted by Crippen LogP contribution is -2.08. The number of hydrogen-bond acceptors (Lipinski definition) is 1. The zero-order valence-electron chi connectivity index (χ0n) is 9.41. The van der Waals surface area contributed by atoms with Gasteiger partial charge in [0.2, 0.25) is 0 Å². The molecule has 0 saturated heterocycles. The highest BCUT2D eigenvalue weighted by Gasteiger charge is 2.13. The zero-order chi connectivity index (χ0) is 11.3. The third kappa shape index (κ3) is 3.63. The average molecular weight is 210 g/mol. The fraction of sp³-hybridized carbons (Fsp3) is 0.538. The third-order valence-corrected chi connectivity index (χ3v) is 2.95. The lowest BCUT2D eigenvalue weighted by molar-refractivity contribution is 0.245. The van der Waals surface area contributed by atoms with Crippen LogP contribution in [0.15, 0.2) is 24.3 Å². The Morgan fingerprint density at radius 3 is 2.33 bits per heavy atom. The van der Waals surface area contributed by atoms with Crippen LogP contribution >= 0.6 is 0 Å². The summed E-state index contributed by atoms with van der Waals surface area (Å²) in [4.78, 5) is 0. The van der Waals surface area contributed by atoms with E-state index in [4.69, 9.17) is 0 Å². The van der Waals surface area contributed by atoms with Gasteiger partial charge in [0.05, 0.1) is 0 Å². The van der Waals surface area contributed by atoms with E-state index in [0.29, 0.717) is 5.92 Å². The quantitative estimate of drug-likeness (QED) is 0.790. The lowest BCUT2D eigenvalue weighted by Gasteiger charge is -2.18. The van der Waals surface area contributed by atoms with E-state index in [1.54, 1.807) is 12.1 Å². The summed E-state index contributed by atoms with van der Waals surface area (Å²) in [5.74, 6) is 0.506. The summed E-state index contributed by atoms with van der Waals surface area (Å²) in [5, 5.41) is 9.30. The van der Waals surface area contributed by atoms with Gasteiger partial charge in [-0.3, -0.25) is 0 Å². The first-order valence-electron chi connectivity index (χ1n) is 5.53. The van der Waals surface area contributed by atoms with Crippen LogP contribution in [0.25, 0.3) is 0 Å². The van der Waals surface area contributed by atoms with Gasteiger partial charge in [-0.15, -0.1) is 0 Å². The van der Waals surface area contributed by atoms with E-state index in [1.807, 2.05) is 0 Å². The van der Waals surface area contributed by atoms with Gasteiger partial charge in [0.15, 0.2) is 0 Å². The molecule has 0 fully saturated rings. The molecule has 0 aromatic heterocycles. The van der Waals surface area contributed by atoms with E-state index >= 15 is 0 Å². The molecule has 2 heteroatoms. The second kappa shape index (κ2) is 5.86. The summed E-state index contributed by atoms with van der Waals surface area (Å²) in [5.41, 5.74) is 1.03. The van der Waals surface area contributed by atoms with Crippen LogP contribution in [-0.4, -0.2) is 11.7 Å². The largest absolute Gasteiger partial charge is 0.396 e. The molecule has 0 aliphatic carbocycles. The summed E-state index contributed by atoms with van der Waals surface area (Å²) in [6.07, 6.45) is 2.07. The van der Waals surface area contributed by atoms with Crippen molar-refractivity contribution in [2.45, 2.75) is 32.6 Å².